The Morgan fingerprint density at radius 2 is 2.18 bits per heavy atom. The molecule has 0 unspecified atom stereocenters. The Morgan fingerprint density at radius 1 is 1.47 bits per heavy atom. The number of anilines is 1. The molecule has 1 aromatic heterocycles. The van der Waals surface area contributed by atoms with Crippen LogP contribution in [0.3, 0.4) is 0 Å². The Balaban J connectivity index is 2.04. The highest BCUT2D eigenvalue weighted by Crippen LogP contribution is 2.34. The largest absolute Gasteiger partial charge is 0.417 e. The van der Waals surface area contributed by atoms with Gasteiger partial charge in [-0.2, -0.15) is 13.2 Å². The van der Waals surface area contributed by atoms with Crippen LogP contribution in [-0.4, -0.2) is 21.7 Å². The molecular formula is C11H13F3N2O. The van der Waals surface area contributed by atoms with Crippen LogP contribution >= 0.6 is 0 Å². The van der Waals surface area contributed by atoms with Gasteiger partial charge in [0.1, 0.15) is 5.82 Å². The van der Waals surface area contributed by atoms with Gasteiger partial charge in [-0.05, 0) is 31.9 Å². The molecule has 1 heterocycles. The van der Waals surface area contributed by atoms with Crippen molar-refractivity contribution >= 4 is 5.82 Å². The van der Waals surface area contributed by atoms with Crippen molar-refractivity contribution in [3.8, 4) is 0 Å². The summed E-state index contributed by atoms with van der Waals surface area (Å²) >= 11 is 0. The van der Waals surface area contributed by atoms with Gasteiger partial charge in [-0.15, -0.1) is 0 Å². The first-order chi connectivity index (χ1) is 7.79. The SMILES string of the molecule is C[C@@]1(O)CC[C@H]1Nc1ccc(C(F)(F)F)cn1. The molecule has 1 aromatic rings. The molecule has 0 radical (unpaired) electrons. The Hall–Kier alpha value is -1.30. The lowest BCUT2D eigenvalue weighted by molar-refractivity contribution is -0.137. The Morgan fingerprint density at radius 3 is 2.53 bits per heavy atom. The van der Waals surface area contributed by atoms with Gasteiger partial charge >= 0.3 is 6.18 Å². The molecule has 0 spiro atoms. The zero-order chi connectivity index (χ0) is 12.7. The molecule has 1 fully saturated rings. The second-order valence-corrected chi connectivity index (χ2v) is 4.52. The quantitative estimate of drug-likeness (QED) is 0.842. The van der Waals surface area contributed by atoms with Crippen molar-refractivity contribution in [2.45, 2.75) is 37.6 Å². The zero-order valence-corrected chi connectivity index (χ0v) is 9.25. The number of aromatic nitrogens is 1. The number of hydrogen-bond donors (Lipinski definition) is 2. The lowest BCUT2D eigenvalue weighted by Gasteiger charge is -2.43. The average Bonchev–Trinajstić information content (AvgIpc) is 2.24. The van der Waals surface area contributed by atoms with Crippen LogP contribution in [0.2, 0.25) is 0 Å². The maximum atomic E-state index is 12.3. The van der Waals surface area contributed by atoms with E-state index in [2.05, 4.69) is 10.3 Å². The van der Waals surface area contributed by atoms with Crippen LogP contribution in [-0.2, 0) is 6.18 Å². The van der Waals surface area contributed by atoms with Gasteiger partial charge in [-0.3, -0.25) is 0 Å². The van der Waals surface area contributed by atoms with E-state index in [1.807, 2.05) is 0 Å². The van der Waals surface area contributed by atoms with E-state index in [0.717, 1.165) is 18.7 Å². The van der Waals surface area contributed by atoms with E-state index in [1.54, 1.807) is 6.92 Å². The third-order valence-corrected chi connectivity index (χ3v) is 3.10. The highest BCUT2D eigenvalue weighted by atomic mass is 19.4. The second kappa shape index (κ2) is 3.87. The fourth-order valence-corrected chi connectivity index (χ4v) is 1.76. The summed E-state index contributed by atoms with van der Waals surface area (Å²) in [5.74, 6) is 0.350. The first-order valence-electron chi connectivity index (χ1n) is 5.31. The summed E-state index contributed by atoms with van der Waals surface area (Å²) in [4.78, 5) is 3.69. The maximum Gasteiger partial charge on any atom is 0.417 e. The summed E-state index contributed by atoms with van der Waals surface area (Å²) in [7, 11) is 0. The van der Waals surface area contributed by atoms with E-state index >= 15 is 0 Å². The molecular weight excluding hydrogens is 233 g/mol. The number of rotatable bonds is 2. The van der Waals surface area contributed by atoms with Crippen LogP contribution in [0.25, 0.3) is 0 Å². The van der Waals surface area contributed by atoms with Crippen molar-refractivity contribution in [2.75, 3.05) is 5.32 Å². The second-order valence-electron chi connectivity index (χ2n) is 4.52. The first-order valence-corrected chi connectivity index (χ1v) is 5.31. The number of nitrogens with one attached hydrogen (secondary N) is 1. The number of hydrogen-bond acceptors (Lipinski definition) is 3. The van der Waals surface area contributed by atoms with Crippen molar-refractivity contribution in [2.24, 2.45) is 0 Å². The lowest BCUT2D eigenvalue weighted by atomic mass is 9.76. The summed E-state index contributed by atoms with van der Waals surface area (Å²) in [6.07, 6.45) is -2.11. The standard InChI is InChI=1S/C11H13F3N2O/c1-10(17)5-4-8(10)16-9-3-2-7(6-15-9)11(12,13)14/h2-3,6,8,17H,4-5H2,1H3,(H,15,16)/t8-,10-/m1/s1. The molecule has 94 valence electrons. The van der Waals surface area contributed by atoms with Gasteiger partial charge in [0.2, 0.25) is 0 Å². The zero-order valence-electron chi connectivity index (χ0n) is 9.25. The van der Waals surface area contributed by atoms with Crippen molar-refractivity contribution in [3.63, 3.8) is 0 Å². The molecule has 2 rings (SSSR count). The van der Waals surface area contributed by atoms with Crippen LogP contribution in [0.4, 0.5) is 19.0 Å². The van der Waals surface area contributed by atoms with Gasteiger partial charge in [0.05, 0.1) is 17.2 Å². The molecule has 0 bridgehead atoms. The summed E-state index contributed by atoms with van der Waals surface area (Å²) in [6.45, 7) is 1.69. The van der Waals surface area contributed by atoms with Crippen LogP contribution in [0.15, 0.2) is 18.3 Å². The van der Waals surface area contributed by atoms with Crippen LogP contribution in [0, 0.1) is 0 Å². The maximum absolute atomic E-state index is 12.3. The number of alkyl halides is 3. The molecule has 1 saturated carbocycles. The average molecular weight is 246 g/mol. The van der Waals surface area contributed by atoms with Crippen LogP contribution in [0.5, 0.6) is 0 Å². The van der Waals surface area contributed by atoms with Gasteiger partial charge in [0.15, 0.2) is 0 Å². The van der Waals surface area contributed by atoms with Gasteiger partial charge in [0, 0.05) is 6.20 Å². The minimum Gasteiger partial charge on any atom is -0.388 e. The summed E-state index contributed by atoms with van der Waals surface area (Å²) in [5, 5.41) is 12.7. The van der Waals surface area contributed by atoms with Gasteiger partial charge in [0.25, 0.3) is 0 Å². The molecule has 0 aromatic carbocycles. The van der Waals surface area contributed by atoms with Gasteiger partial charge in [-0.1, -0.05) is 0 Å². The van der Waals surface area contributed by atoms with E-state index in [0.29, 0.717) is 12.2 Å². The summed E-state index contributed by atoms with van der Waals surface area (Å²) in [6, 6.07) is 2.10. The van der Waals surface area contributed by atoms with Crippen molar-refractivity contribution in [1.29, 1.82) is 0 Å². The first kappa shape index (κ1) is 12.2. The predicted molar refractivity (Wildman–Crippen MR) is 56.5 cm³/mol. The van der Waals surface area contributed by atoms with Crippen LogP contribution in [0.1, 0.15) is 25.3 Å². The van der Waals surface area contributed by atoms with Crippen molar-refractivity contribution < 1.29 is 18.3 Å². The monoisotopic (exact) mass is 246 g/mol. The molecule has 2 atom stereocenters. The van der Waals surface area contributed by atoms with Crippen LogP contribution < -0.4 is 5.32 Å². The topological polar surface area (TPSA) is 45.1 Å². The molecule has 17 heavy (non-hydrogen) atoms. The molecule has 0 saturated heterocycles. The molecule has 6 heteroatoms. The van der Waals surface area contributed by atoms with Crippen molar-refractivity contribution in [3.05, 3.63) is 23.9 Å². The van der Waals surface area contributed by atoms with E-state index in [4.69, 9.17) is 0 Å². The third kappa shape index (κ3) is 2.52. The Labute approximate surface area is 96.7 Å². The number of aliphatic hydroxyl groups is 1. The number of halogens is 3. The predicted octanol–water partition coefficient (Wildman–Crippen LogP) is 2.43. The van der Waals surface area contributed by atoms with E-state index in [-0.39, 0.29) is 6.04 Å². The van der Waals surface area contributed by atoms with Gasteiger partial charge < -0.3 is 10.4 Å². The molecule has 1 aliphatic carbocycles. The molecule has 0 amide bonds. The minimum absolute atomic E-state index is 0.147. The third-order valence-electron chi connectivity index (χ3n) is 3.10. The molecule has 0 aliphatic heterocycles. The summed E-state index contributed by atoms with van der Waals surface area (Å²) in [5.41, 5.74) is -1.58. The Kier molecular flexibility index (Phi) is 2.77. The van der Waals surface area contributed by atoms with E-state index < -0.39 is 17.3 Å². The number of pyridine rings is 1. The summed E-state index contributed by atoms with van der Waals surface area (Å²) < 4.78 is 36.8. The van der Waals surface area contributed by atoms with Gasteiger partial charge in [-0.25, -0.2) is 4.98 Å². The normalized spacial score (nSPS) is 28.6. The number of nitrogens with zero attached hydrogens (tertiary/aromatic N) is 1. The van der Waals surface area contributed by atoms with Crippen molar-refractivity contribution in [1.82, 2.24) is 4.98 Å². The highest BCUT2D eigenvalue weighted by Gasteiger charge is 2.41. The Bertz CT molecular complexity index is 400. The lowest BCUT2D eigenvalue weighted by Crippen LogP contribution is -2.53. The van der Waals surface area contributed by atoms with E-state index in [9.17, 15) is 18.3 Å². The molecule has 2 N–H and O–H groups in total. The molecule has 1 aliphatic rings. The molecule has 3 nitrogen and oxygen atoms in total. The smallest absolute Gasteiger partial charge is 0.388 e. The highest BCUT2D eigenvalue weighted by molar-refractivity contribution is 5.39. The fourth-order valence-electron chi connectivity index (χ4n) is 1.76. The minimum atomic E-state index is -4.37. The van der Waals surface area contributed by atoms with E-state index in [1.165, 1.54) is 6.07 Å². The fraction of sp³-hybridized carbons (Fsp3) is 0.545.